The van der Waals surface area contributed by atoms with Gasteiger partial charge in [-0.25, -0.2) is 0 Å². The van der Waals surface area contributed by atoms with E-state index in [1.807, 2.05) is 62.6 Å². The molecule has 166 valence electrons. The number of nitrogens with zero attached hydrogens (tertiary/aromatic N) is 4. The van der Waals surface area contributed by atoms with Crippen molar-refractivity contribution in [3.8, 4) is 11.4 Å². The topological polar surface area (TPSA) is 55.2 Å². The minimum Gasteiger partial charge on any atom is -0.491 e. The van der Waals surface area contributed by atoms with Crippen molar-refractivity contribution < 1.29 is 4.74 Å². The van der Waals surface area contributed by atoms with Crippen LogP contribution in [0.15, 0.2) is 91.5 Å². The number of anilines is 1. The number of rotatable bonds is 6. The van der Waals surface area contributed by atoms with E-state index in [1.54, 1.807) is 6.20 Å². The van der Waals surface area contributed by atoms with Crippen molar-refractivity contribution in [2.75, 3.05) is 4.90 Å². The summed E-state index contributed by atoms with van der Waals surface area (Å²) in [4.78, 5) is 11.1. The Morgan fingerprint density at radius 3 is 2.48 bits per heavy atom. The summed E-state index contributed by atoms with van der Waals surface area (Å²) < 4.78 is 8.00. The van der Waals surface area contributed by atoms with Gasteiger partial charge in [0.15, 0.2) is 5.11 Å². The highest BCUT2D eigenvalue weighted by atomic mass is 32.1. The molecule has 0 unspecified atom stereocenters. The quantitative estimate of drug-likeness (QED) is 0.402. The van der Waals surface area contributed by atoms with E-state index in [4.69, 9.17) is 17.0 Å². The molecule has 1 aliphatic heterocycles. The van der Waals surface area contributed by atoms with E-state index in [2.05, 4.69) is 61.3 Å². The molecule has 2 atom stereocenters. The first-order valence-corrected chi connectivity index (χ1v) is 11.4. The van der Waals surface area contributed by atoms with E-state index in [9.17, 15) is 0 Å². The monoisotopic (exact) mass is 455 g/mol. The molecule has 7 heteroatoms. The van der Waals surface area contributed by atoms with Crippen LogP contribution < -0.4 is 15.0 Å². The fourth-order valence-corrected chi connectivity index (χ4v) is 4.60. The maximum atomic E-state index is 5.85. The molecule has 0 saturated carbocycles. The number of thiocarbonyl (C=S) groups is 1. The smallest absolute Gasteiger partial charge is 0.174 e. The molecule has 0 spiro atoms. The van der Waals surface area contributed by atoms with Crippen LogP contribution in [-0.4, -0.2) is 25.8 Å². The third kappa shape index (κ3) is 4.19. The third-order valence-electron chi connectivity index (χ3n) is 5.59. The van der Waals surface area contributed by atoms with Crippen molar-refractivity contribution in [2.45, 2.75) is 32.0 Å². The van der Waals surface area contributed by atoms with Crippen molar-refractivity contribution in [2.24, 2.45) is 0 Å². The number of ether oxygens (including phenoxy) is 1. The zero-order valence-electron chi connectivity index (χ0n) is 18.5. The van der Waals surface area contributed by atoms with Gasteiger partial charge in [0, 0.05) is 30.0 Å². The Morgan fingerprint density at radius 1 is 0.939 bits per heavy atom. The second-order valence-electron chi connectivity index (χ2n) is 8.17. The fourth-order valence-electron chi connectivity index (χ4n) is 4.26. The Hall–Kier alpha value is -3.71. The van der Waals surface area contributed by atoms with Crippen LogP contribution in [0.25, 0.3) is 5.69 Å². The largest absolute Gasteiger partial charge is 0.491 e. The maximum absolute atomic E-state index is 5.85. The molecule has 3 aromatic heterocycles. The number of nitrogens with one attached hydrogen (secondary N) is 1. The molecule has 0 radical (unpaired) electrons. The summed E-state index contributed by atoms with van der Waals surface area (Å²) in [7, 11) is 0. The van der Waals surface area contributed by atoms with Gasteiger partial charge in [-0.15, -0.1) is 0 Å². The van der Waals surface area contributed by atoms with Crippen LogP contribution in [-0.2, 0) is 0 Å². The van der Waals surface area contributed by atoms with E-state index >= 15 is 0 Å². The van der Waals surface area contributed by atoms with E-state index < -0.39 is 0 Å². The molecular formula is C26H25N5OS. The molecular weight excluding hydrogens is 430 g/mol. The molecule has 6 nitrogen and oxygen atoms in total. The SMILES string of the molecule is CC(C)Oc1ccc(N2C(=S)N[C@H](c3ccccn3)[C@H]2c2cccn2-c2cccnc2)cc1. The zero-order valence-corrected chi connectivity index (χ0v) is 19.3. The fraction of sp³-hybridized carbons (Fsp3) is 0.192. The standard InChI is InChI=1S/C26H25N5OS/c1-18(2)32-21-12-10-19(11-13-21)31-25(24(29-26(31)33)22-8-3-4-15-28-22)23-9-6-16-30(23)20-7-5-14-27-17-20/h3-18,24-25H,1-2H3,(H,29,33)/t24-,25-/m1/s1. The van der Waals surface area contributed by atoms with E-state index in [0.29, 0.717) is 5.11 Å². The molecule has 5 rings (SSSR count). The molecule has 0 bridgehead atoms. The van der Waals surface area contributed by atoms with Crippen LogP contribution in [0.4, 0.5) is 5.69 Å². The second-order valence-corrected chi connectivity index (χ2v) is 8.56. The Kier molecular flexibility index (Phi) is 5.79. The van der Waals surface area contributed by atoms with Gasteiger partial charge in [-0.2, -0.15) is 0 Å². The number of hydrogen-bond donors (Lipinski definition) is 1. The highest BCUT2D eigenvalue weighted by Gasteiger charge is 2.42. The van der Waals surface area contributed by atoms with Crippen LogP contribution in [0, 0.1) is 0 Å². The van der Waals surface area contributed by atoms with Gasteiger partial charge < -0.3 is 19.5 Å². The third-order valence-corrected chi connectivity index (χ3v) is 5.91. The van der Waals surface area contributed by atoms with Crippen LogP contribution in [0.5, 0.6) is 5.75 Å². The van der Waals surface area contributed by atoms with Gasteiger partial charge >= 0.3 is 0 Å². The molecule has 1 aromatic carbocycles. The van der Waals surface area contributed by atoms with E-state index in [0.717, 1.165) is 28.5 Å². The van der Waals surface area contributed by atoms with Gasteiger partial charge in [-0.1, -0.05) is 6.07 Å². The number of aromatic nitrogens is 3. The zero-order chi connectivity index (χ0) is 22.8. The Bertz CT molecular complexity index is 1220. The molecule has 1 fully saturated rings. The van der Waals surface area contributed by atoms with E-state index in [1.165, 1.54) is 0 Å². The minimum atomic E-state index is -0.115. The highest BCUT2D eigenvalue weighted by molar-refractivity contribution is 7.80. The van der Waals surface area contributed by atoms with Gasteiger partial charge in [0.25, 0.3) is 0 Å². The highest BCUT2D eigenvalue weighted by Crippen LogP contribution is 2.42. The molecule has 33 heavy (non-hydrogen) atoms. The summed E-state index contributed by atoms with van der Waals surface area (Å²) in [6, 6.07) is 22.0. The first-order chi connectivity index (χ1) is 16.1. The van der Waals surface area contributed by atoms with Gasteiger partial charge in [0.05, 0.1) is 29.7 Å². The van der Waals surface area contributed by atoms with Gasteiger partial charge in [-0.3, -0.25) is 9.97 Å². The van der Waals surface area contributed by atoms with Crippen molar-refractivity contribution in [3.05, 3.63) is 103 Å². The maximum Gasteiger partial charge on any atom is 0.174 e. The van der Waals surface area contributed by atoms with Gasteiger partial charge in [-0.05, 0) is 86.7 Å². The Labute approximate surface area is 198 Å². The molecule has 1 saturated heterocycles. The molecule has 4 aromatic rings. The second kappa shape index (κ2) is 9.03. The van der Waals surface area contributed by atoms with Crippen LogP contribution >= 0.6 is 12.2 Å². The van der Waals surface area contributed by atoms with Crippen molar-refractivity contribution in [1.29, 1.82) is 0 Å². The summed E-state index contributed by atoms with van der Waals surface area (Å²) in [6.45, 7) is 4.04. The van der Waals surface area contributed by atoms with Crippen molar-refractivity contribution in [1.82, 2.24) is 19.9 Å². The lowest BCUT2D eigenvalue weighted by molar-refractivity contribution is 0.242. The van der Waals surface area contributed by atoms with E-state index in [-0.39, 0.29) is 18.2 Å². The lowest BCUT2D eigenvalue weighted by Crippen LogP contribution is -2.30. The summed E-state index contributed by atoms with van der Waals surface area (Å²) in [6.07, 6.45) is 7.64. The molecule has 0 aliphatic carbocycles. The van der Waals surface area contributed by atoms with Crippen molar-refractivity contribution >= 4 is 23.0 Å². The Morgan fingerprint density at radius 2 is 1.79 bits per heavy atom. The first kappa shape index (κ1) is 21.2. The molecule has 0 amide bonds. The van der Waals surface area contributed by atoms with Gasteiger partial charge in [0.1, 0.15) is 11.8 Å². The minimum absolute atomic E-state index is 0.112. The Balaban J connectivity index is 1.60. The van der Waals surface area contributed by atoms with Gasteiger partial charge in [0.2, 0.25) is 0 Å². The lowest BCUT2D eigenvalue weighted by Gasteiger charge is -2.29. The lowest BCUT2D eigenvalue weighted by atomic mass is 10.0. The predicted molar refractivity (Wildman–Crippen MR) is 134 cm³/mol. The van der Waals surface area contributed by atoms with Crippen molar-refractivity contribution in [3.63, 3.8) is 0 Å². The normalized spacial score (nSPS) is 17.9. The number of benzene rings is 1. The first-order valence-electron chi connectivity index (χ1n) is 11.0. The number of pyridine rings is 2. The summed E-state index contributed by atoms with van der Waals surface area (Å²) >= 11 is 5.85. The average molecular weight is 456 g/mol. The summed E-state index contributed by atoms with van der Waals surface area (Å²) in [5, 5.41) is 4.18. The molecule has 1 N–H and O–H groups in total. The average Bonchev–Trinajstić information content (AvgIpc) is 3.45. The van der Waals surface area contributed by atoms with Crippen LogP contribution in [0.3, 0.4) is 0 Å². The summed E-state index contributed by atoms with van der Waals surface area (Å²) in [5.74, 6) is 0.836. The predicted octanol–water partition coefficient (Wildman–Crippen LogP) is 5.23. The van der Waals surface area contributed by atoms with Crippen LogP contribution in [0.1, 0.15) is 37.3 Å². The van der Waals surface area contributed by atoms with Crippen LogP contribution in [0.2, 0.25) is 0 Å². The summed E-state index contributed by atoms with van der Waals surface area (Å²) in [5.41, 5.74) is 4.02. The molecule has 4 heterocycles. The number of hydrogen-bond acceptors (Lipinski definition) is 4. The molecule has 1 aliphatic rings.